The zero-order valence-electron chi connectivity index (χ0n) is 10.7. The molecule has 2 aromatic rings. The van der Waals surface area contributed by atoms with Crippen LogP contribution in [-0.2, 0) is 6.54 Å². The van der Waals surface area contributed by atoms with Crippen molar-refractivity contribution >= 4 is 39.3 Å². The first kappa shape index (κ1) is 14.1. The first-order chi connectivity index (χ1) is 9.11. The lowest BCUT2D eigenvalue weighted by Gasteiger charge is -2.20. The number of hydrogen-bond donors (Lipinski definition) is 1. The highest BCUT2D eigenvalue weighted by Gasteiger charge is 2.11. The SMILES string of the molecule is CNc1ncc(Cl)c(N(C)Cc2ccccc2Br)n1. The van der Waals surface area contributed by atoms with Crippen molar-refractivity contribution in [2.45, 2.75) is 6.54 Å². The molecule has 1 aromatic carbocycles. The number of halogens is 2. The number of rotatable bonds is 4. The lowest BCUT2D eigenvalue weighted by molar-refractivity contribution is 0.888. The Morgan fingerprint density at radius 1 is 1.37 bits per heavy atom. The fourth-order valence-electron chi connectivity index (χ4n) is 1.70. The molecule has 0 unspecified atom stereocenters. The summed E-state index contributed by atoms with van der Waals surface area (Å²) in [6.45, 7) is 0.710. The molecule has 0 radical (unpaired) electrons. The van der Waals surface area contributed by atoms with E-state index in [9.17, 15) is 0 Å². The van der Waals surface area contributed by atoms with Gasteiger partial charge in [0.15, 0.2) is 5.82 Å². The predicted molar refractivity (Wildman–Crippen MR) is 82.8 cm³/mol. The predicted octanol–water partition coefficient (Wildman–Crippen LogP) is 3.57. The molecule has 0 amide bonds. The van der Waals surface area contributed by atoms with Gasteiger partial charge < -0.3 is 10.2 Å². The van der Waals surface area contributed by atoms with Crippen molar-refractivity contribution in [3.8, 4) is 0 Å². The maximum absolute atomic E-state index is 6.15. The molecule has 0 aliphatic heterocycles. The number of hydrogen-bond acceptors (Lipinski definition) is 4. The summed E-state index contributed by atoms with van der Waals surface area (Å²) in [5.74, 6) is 1.26. The minimum atomic E-state index is 0.536. The fourth-order valence-corrected chi connectivity index (χ4v) is 2.35. The van der Waals surface area contributed by atoms with Crippen molar-refractivity contribution in [2.24, 2.45) is 0 Å². The molecule has 2 rings (SSSR count). The smallest absolute Gasteiger partial charge is 0.224 e. The lowest BCUT2D eigenvalue weighted by atomic mass is 10.2. The van der Waals surface area contributed by atoms with E-state index in [0.717, 1.165) is 4.47 Å². The molecule has 4 nitrogen and oxygen atoms in total. The summed E-state index contributed by atoms with van der Waals surface area (Å²) in [6, 6.07) is 8.08. The van der Waals surface area contributed by atoms with Gasteiger partial charge in [-0.05, 0) is 11.6 Å². The second-order valence-corrected chi connectivity index (χ2v) is 5.32. The van der Waals surface area contributed by atoms with Gasteiger partial charge in [-0.15, -0.1) is 0 Å². The second kappa shape index (κ2) is 6.21. The van der Waals surface area contributed by atoms with Gasteiger partial charge in [0.25, 0.3) is 0 Å². The molecule has 6 heteroatoms. The maximum Gasteiger partial charge on any atom is 0.224 e. The second-order valence-electron chi connectivity index (χ2n) is 4.06. The van der Waals surface area contributed by atoms with E-state index in [0.29, 0.717) is 23.3 Å². The maximum atomic E-state index is 6.15. The summed E-state index contributed by atoms with van der Waals surface area (Å²) in [6.07, 6.45) is 1.60. The topological polar surface area (TPSA) is 41.1 Å². The third kappa shape index (κ3) is 3.36. The van der Waals surface area contributed by atoms with Crippen molar-refractivity contribution < 1.29 is 0 Å². The highest BCUT2D eigenvalue weighted by Crippen LogP contribution is 2.25. The Kier molecular flexibility index (Phi) is 4.61. The van der Waals surface area contributed by atoms with Crippen LogP contribution in [0.15, 0.2) is 34.9 Å². The number of aromatic nitrogens is 2. The largest absolute Gasteiger partial charge is 0.357 e. The van der Waals surface area contributed by atoms with Gasteiger partial charge in [0, 0.05) is 25.1 Å². The average molecular weight is 342 g/mol. The third-order valence-corrected chi connectivity index (χ3v) is 3.72. The summed E-state index contributed by atoms with van der Waals surface area (Å²) >= 11 is 9.69. The molecule has 0 spiro atoms. The van der Waals surface area contributed by atoms with E-state index in [-0.39, 0.29) is 0 Å². The van der Waals surface area contributed by atoms with Crippen molar-refractivity contribution in [1.29, 1.82) is 0 Å². The number of anilines is 2. The van der Waals surface area contributed by atoms with E-state index >= 15 is 0 Å². The Bertz CT molecular complexity index is 576. The standard InChI is InChI=1S/C13H14BrClN4/c1-16-13-17-7-11(15)12(18-13)19(2)8-9-5-3-4-6-10(9)14/h3-7H,8H2,1-2H3,(H,16,17,18). The van der Waals surface area contributed by atoms with E-state index < -0.39 is 0 Å². The highest BCUT2D eigenvalue weighted by atomic mass is 79.9. The first-order valence-corrected chi connectivity index (χ1v) is 6.93. The summed E-state index contributed by atoms with van der Waals surface area (Å²) < 4.78 is 1.07. The monoisotopic (exact) mass is 340 g/mol. The molecule has 1 aromatic heterocycles. The summed E-state index contributed by atoms with van der Waals surface area (Å²) in [4.78, 5) is 10.4. The Hall–Kier alpha value is -1.33. The van der Waals surface area contributed by atoms with Gasteiger partial charge in [0.05, 0.1) is 6.20 Å². The molecule has 0 aliphatic carbocycles. The van der Waals surface area contributed by atoms with Crippen LogP contribution in [-0.4, -0.2) is 24.1 Å². The van der Waals surface area contributed by atoms with Crippen molar-refractivity contribution in [3.63, 3.8) is 0 Å². The van der Waals surface area contributed by atoms with Crippen LogP contribution in [0, 0.1) is 0 Å². The van der Waals surface area contributed by atoms with Crippen molar-refractivity contribution in [3.05, 3.63) is 45.5 Å². The minimum Gasteiger partial charge on any atom is -0.357 e. The number of nitrogens with one attached hydrogen (secondary N) is 1. The zero-order chi connectivity index (χ0) is 13.8. The molecule has 0 atom stereocenters. The zero-order valence-corrected chi connectivity index (χ0v) is 13.0. The normalized spacial score (nSPS) is 10.3. The van der Waals surface area contributed by atoms with Gasteiger partial charge in [-0.3, -0.25) is 0 Å². The summed E-state index contributed by atoms with van der Waals surface area (Å²) in [5.41, 5.74) is 1.17. The van der Waals surface area contributed by atoms with Gasteiger partial charge in [0.2, 0.25) is 5.95 Å². The highest BCUT2D eigenvalue weighted by molar-refractivity contribution is 9.10. The molecule has 19 heavy (non-hydrogen) atoms. The fraction of sp³-hybridized carbons (Fsp3) is 0.231. The summed E-state index contributed by atoms with van der Waals surface area (Å²) in [5, 5.41) is 3.44. The molecular weight excluding hydrogens is 328 g/mol. The van der Waals surface area contributed by atoms with Gasteiger partial charge in [-0.25, -0.2) is 4.98 Å². The van der Waals surface area contributed by atoms with Crippen LogP contribution in [0.5, 0.6) is 0 Å². The summed E-state index contributed by atoms with van der Waals surface area (Å²) in [7, 11) is 3.73. The molecule has 0 saturated carbocycles. The van der Waals surface area contributed by atoms with Crippen LogP contribution in [0.4, 0.5) is 11.8 Å². The van der Waals surface area contributed by atoms with Crippen LogP contribution in [0.3, 0.4) is 0 Å². The van der Waals surface area contributed by atoms with Crippen molar-refractivity contribution in [2.75, 3.05) is 24.3 Å². The molecule has 0 aliphatic rings. The molecule has 1 N–H and O–H groups in total. The quantitative estimate of drug-likeness (QED) is 0.923. The lowest BCUT2D eigenvalue weighted by Crippen LogP contribution is -2.19. The van der Waals surface area contributed by atoms with Gasteiger partial charge >= 0.3 is 0 Å². The Labute approximate surface area is 126 Å². The van der Waals surface area contributed by atoms with Crippen LogP contribution in [0.25, 0.3) is 0 Å². The van der Waals surface area contributed by atoms with Gasteiger partial charge in [-0.1, -0.05) is 45.7 Å². The molecule has 0 fully saturated rings. The van der Waals surface area contributed by atoms with Crippen LogP contribution in [0.1, 0.15) is 5.56 Å². The van der Waals surface area contributed by atoms with Gasteiger partial charge in [-0.2, -0.15) is 4.98 Å². The molecule has 100 valence electrons. The Morgan fingerprint density at radius 2 is 2.11 bits per heavy atom. The van der Waals surface area contributed by atoms with E-state index in [1.807, 2.05) is 30.1 Å². The van der Waals surface area contributed by atoms with E-state index in [2.05, 4.69) is 37.3 Å². The van der Waals surface area contributed by atoms with E-state index in [4.69, 9.17) is 11.6 Å². The van der Waals surface area contributed by atoms with Crippen LogP contribution in [0.2, 0.25) is 5.02 Å². The number of nitrogens with zero attached hydrogens (tertiary/aromatic N) is 3. The van der Waals surface area contributed by atoms with Gasteiger partial charge in [0.1, 0.15) is 5.02 Å². The van der Waals surface area contributed by atoms with Crippen LogP contribution >= 0.6 is 27.5 Å². The minimum absolute atomic E-state index is 0.536. The average Bonchev–Trinajstić information content (AvgIpc) is 2.42. The molecule has 0 saturated heterocycles. The van der Waals surface area contributed by atoms with Crippen LogP contribution < -0.4 is 10.2 Å². The van der Waals surface area contributed by atoms with E-state index in [1.165, 1.54) is 5.56 Å². The van der Waals surface area contributed by atoms with Crippen molar-refractivity contribution in [1.82, 2.24) is 9.97 Å². The molecular formula is C13H14BrClN4. The molecule has 0 bridgehead atoms. The Morgan fingerprint density at radius 3 is 2.79 bits per heavy atom. The number of benzene rings is 1. The Balaban J connectivity index is 2.25. The molecule has 1 heterocycles. The van der Waals surface area contributed by atoms with E-state index in [1.54, 1.807) is 13.2 Å². The third-order valence-electron chi connectivity index (χ3n) is 2.68. The first-order valence-electron chi connectivity index (χ1n) is 5.76.